The molecule has 10 heteroatoms. The van der Waals surface area contributed by atoms with Crippen LogP contribution in [0.15, 0.2) is 0 Å². The van der Waals surface area contributed by atoms with Gasteiger partial charge in [-0.3, -0.25) is 0 Å². The van der Waals surface area contributed by atoms with E-state index in [9.17, 15) is 39.5 Å². The molecule has 0 aromatic rings. The molecule has 0 spiro atoms. The fourth-order valence-electron chi connectivity index (χ4n) is 1.36. The molecule has 0 saturated carbocycles. The first-order valence-electron chi connectivity index (χ1n) is 5.57. The Labute approximate surface area is 117 Å². The van der Waals surface area contributed by atoms with Gasteiger partial charge >= 0.3 is 23.9 Å². The highest BCUT2D eigenvalue weighted by Gasteiger charge is 2.81. The number of hydrogen-bond donors (Lipinski definition) is 0. The van der Waals surface area contributed by atoms with Crippen LogP contribution in [0.25, 0.3) is 0 Å². The van der Waals surface area contributed by atoms with Crippen LogP contribution in [0.4, 0.5) is 39.5 Å². The third-order valence-electron chi connectivity index (χ3n) is 2.58. The second-order valence-electron chi connectivity index (χ2n) is 4.20. The van der Waals surface area contributed by atoms with Crippen LogP contribution in [0.2, 0.25) is 0 Å². The van der Waals surface area contributed by atoms with Crippen molar-refractivity contribution in [3.8, 4) is 0 Å². The summed E-state index contributed by atoms with van der Waals surface area (Å²) >= 11 is 3.03. The summed E-state index contributed by atoms with van der Waals surface area (Å²) in [6.45, 7) is 0. The molecular weight excluding hydrogens is 371 g/mol. The van der Waals surface area contributed by atoms with Gasteiger partial charge in [0.2, 0.25) is 0 Å². The quantitative estimate of drug-likeness (QED) is 0.282. The molecule has 122 valence electrons. The molecule has 0 unspecified atom stereocenters. The van der Waals surface area contributed by atoms with E-state index in [1.165, 1.54) is 0 Å². The maximum Gasteiger partial charge on any atom is 0.460 e. The second-order valence-corrected chi connectivity index (χ2v) is 5.00. The molecule has 0 aromatic heterocycles. The van der Waals surface area contributed by atoms with E-state index in [-0.39, 0.29) is 6.42 Å². The third-order valence-corrected chi connectivity index (χ3v) is 3.14. The van der Waals surface area contributed by atoms with Crippen molar-refractivity contribution in [1.29, 1.82) is 0 Å². The Balaban J connectivity index is 4.81. The minimum atomic E-state index is -6.78. The number of hydrogen-bond acceptors (Lipinski definition) is 0. The molecule has 20 heavy (non-hydrogen) atoms. The van der Waals surface area contributed by atoms with Crippen molar-refractivity contribution in [2.24, 2.45) is 0 Å². The zero-order valence-corrected chi connectivity index (χ0v) is 11.6. The van der Waals surface area contributed by atoms with Crippen molar-refractivity contribution in [3.63, 3.8) is 0 Å². The van der Waals surface area contributed by atoms with Crippen molar-refractivity contribution < 1.29 is 39.5 Å². The first kappa shape index (κ1) is 19.9. The molecule has 0 heterocycles. The average Bonchev–Trinajstić information content (AvgIpc) is 2.26. The van der Waals surface area contributed by atoms with Gasteiger partial charge in [0, 0.05) is 11.8 Å². The van der Waals surface area contributed by atoms with E-state index in [0.717, 1.165) is 0 Å². The van der Waals surface area contributed by atoms with E-state index in [2.05, 4.69) is 15.9 Å². The van der Waals surface area contributed by atoms with Gasteiger partial charge in [-0.25, -0.2) is 0 Å². The molecular formula is C10H12BrF9. The molecule has 0 aliphatic carbocycles. The number of halogens is 10. The second kappa shape index (κ2) is 6.74. The number of unbranched alkanes of at least 4 members (excludes halogenated alkanes) is 3. The van der Waals surface area contributed by atoms with Gasteiger partial charge in [-0.15, -0.1) is 0 Å². The fraction of sp³-hybridized carbons (Fsp3) is 1.00. The Morgan fingerprint density at radius 3 is 1.45 bits per heavy atom. The number of alkyl halides is 10. The molecule has 0 amide bonds. The van der Waals surface area contributed by atoms with Gasteiger partial charge in [0.15, 0.2) is 0 Å². The van der Waals surface area contributed by atoms with Crippen molar-refractivity contribution in [1.82, 2.24) is 0 Å². The molecule has 0 rings (SSSR count). The van der Waals surface area contributed by atoms with Crippen LogP contribution in [-0.4, -0.2) is 29.3 Å². The van der Waals surface area contributed by atoms with Crippen LogP contribution in [-0.2, 0) is 0 Å². The molecule has 0 atom stereocenters. The van der Waals surface area contributed by atoms with Gasteiger partial charge in [0.05, 0.1) is 0 Å². The van der Waals surface area contributed by atoms with Gasteiger partial charge < -0.3 is 0 Å². The molecule has 0 aliphatic heterocycles. The van der Waals surface area contributed by atoms with Crippen molar-refractivity contribution in [2.45, 2.75) is 56.0 Å². The summed E-state index contributed by atoms with van der Waals surface area (Å²) in [4.78, 5) is 0. The SMILES string of the molecule is FC(F)(F)C(F)(F)C(F)(F)C(F)(F)CCCCCCBr. The Hall–Kier alpha value is -0.150. The summed E-state index contributed by atoms with van der Waals surface area (Å²) in [6, 6.07) is 0. The molecule has 0 saturated heterocycles. The van der Waals surface area contributed by atoms with E-state index in [4.69, 9.17) is 0 Å². The van der Waals surface area contributed by atoms with Gasteiger partial charge in [-0.2, -0.15) is 39.5 Å². The van der Waals surface area contributed by atoms with Crippen LogP contribution in [0, 0.1) is 0 Å². The van der Waals surface area contributed by atoms with Gasteiger partial charge in [0.25, 0.3) is 0 Å². The van der Waals surface area contributed by atoms with E-state index < -0.39 is 36.8 Å². The lowest BCUT2D eigenvalue weighted by Crippen LogP contribution is -2.60. The van der Waals surface area contributed by atoms with Crippen molar-refractivity contribution in [3.05, 3.63) is 0 Å². The Morgan fingerprint density at radius 1 is 0.600 bits per heavy atom. The van der Waals surface area contributed by atoms with Gasteiger partial charge in [0.1, 0.15) is 0 Å². The van der Waals surface area contributed by atoms with E-state index in [1.54, 1.807) is 0 Å². The first-order chi connectivity index (χ1) is 8.81. The molecule has 0 nitrogen and oxygen atoms in total. The van der Waals surface area contributed by atoms with Crippen molar-refractivity contribution in [2.75, 3.05) is 5.33 Å². The summed E-state index contributed by atoms with van der Waals surface area (Å²) in [6.07, 6.45) is -8.06. The minimum Gasteiger partial charge on any atom is -0.200 e. The number of rotatable bonds is 8. The highest BCUT2D eigenvalue weighted by molar-refractivity contribution is 9.09. The Kier molecular flexibility index (Phi) is 6.69. The zero-order chi connectivity index (χ0) is 16.2. The Bertz CT molecular complexity index is 298. The van der Waals surface area contributed by atoms with Crippen LogP contribution >= 0.6 is 15.9 Å². The lowest BCUT2D eigenvalue weighted by molar-refractivity contribution is -0.396. The smallest absolute Gasteiger partial charge is 0.200 e. The first-order valence-corrected chi connectivity index (χ1v) is 6.69. The lowest BCUT2D eigenvalue weighted by Gasteiger charge is -2.33. The zero-order valence-electron chi connectivity index (χ0n) is 10.0. The molecule has 0 radical (unpaired) electrons. The minimum absolute atomic E-state index is 0.0366. The maximum absolute atomic E-state index is 13.0. The predicted octanol–water partition coefficient (Wildman–Crippen LogP) is 5.80. The van der Waals surface area contributed by atoms with Gasteiger partial charge in [-0.05, 0) is 12.8 Å². The van der Waals surface area contributed by atoms with E-state index >= 15 is 0 Å². The van der Waals surface area contributed by atoms with Crippen molar-refractivity contribution >= 4 is 15.9 Å². The largest absolute Gasteiger partial charge is 0.460 e. The van der Waals surface area contributed by atoms with Crippen LogP contribution < -0.4 is 0 Å². The molecule has 0 N–H and O–H groups in total. The molecule has 0 fully saturated rings. The molecule has 0 aromatic carbocycles. The summed E-state index contributed by atoms with van der Waals surface area (Å²) in [5, 5.41) is 0.547. The van der Waals surface area contributed by atoms with Crippen LogP contribution in [0.5, 0.6) is 0 Å². The average molecular weight is 383 g/mol. The van der Waals surface area contributed by atoms with E-state index in [0.29, 0.717) is 18.2 Å². The Morgan fingerprint density at radius 2 is 1.05 bits per heavy atom. The topological polar surface area (TPSA) is 0 Å². The van der Waals surface area contributed by atoms with Crippen LogP contribution in [0.3, 0.4) is 0 Å². The monoisotopic (exact) mass is 382 g/mol. The summed E-state index contributed by atoms with van der Waals surface area (Å²) < 4.78 is 112. The summed E-state index contributed by atoms with van der Waals surface area (Å²) in [7, 11) is 0. The standard InChI is InChI=1S/C10H12BrF9/c11-6-4-2-1-3-5-7(12,13)8(14,15)9(16,17)10(18,19)20/h1-6H2. The third kappa shape index (κ3) is 4.17. The fourth-order valence-corrected chi connectivity index (χ4v) is 1.76. The highest BCUT2D eigenvalue weighted by atomic mass is 79.9. The predicted molar refractivity (Wildman–Crippen MR) is 57.8 cm³/mol. The molecule has 0 bridgehead atoms. The lowest BCUT2D eigenvalue weighted by atomic mass is 9.98. The summed E-state index contributed by atoms with van der Waals surface area (Å²) in [5.74, 6) is -18.7. The molecule has 0 aliphatic rings. The maximum atomic E-state index is 13.0. The summed E-state index contributed by atoms with van der Waals surface area (Å²) in [5.41, 5.74) is 0. The van der Waals surface area contributed by atoms with E-state index in [1.807, 2.05) is 0 Å². The highest BCUT2D eigenvalue weighted by Crippen LogP contribution is 2.54. The van der Waals surface area contributed by atoms with Gasteiger partial charge in [-0.1, -0.05) is 28.8 Å². The normalized spacial score (nSPS) is 14.7. The van der Waals surface area contributed by atoms with Crippen LogP contribution in [0.1, 0.15) is 32.1 Å².